The number of amides is 1. The molecular weight excluding hydrogens is 390 g/mol. The second kappa shape index (κ2) is 9.08. The number of aromatic nitrogens is 2. The average Bonchev–Trinajstić information content (AvgIpc) is 3.28. The smallest absolute Gasteiger partial charge is 0.257 e. The quantitative estimate of drug-likeness (QED) is 0.606. The fraction of sp³-hybridized carbons (Fsp3) is 0.417. The number of hydrogen-bond donors (Lipinski definition) is 1. The maximum absolute atomic E-state index is 12.8. The maximum Gasteiger partial charge on any atom is 0.257 e. The minimum Gasteiger partial charge on any atom is -0.488 e. The summed E-state index contributed by atoms with van der Waals surface area (Å²) in [7, 11) is 8.26. The zero-order chi connectivity index (χ0) is 22.0. The number of likely N-dealkylation sites (N-methyl/N-ethyl adjacent to an activating group) is 1. The molecule has 0 radical (unpaired) electrons. The molecule has 1 aliphatic rings. The highest BCUT2D eigenvalue weighted by Crippen LogP contribution is 2.36. The molecular formula is C24H31N5O2. The molecule has 164 valence electrons. The molecule has 0 fully saturated rings. The van der Waals surface area contributed by atoms with E-state index in [9.17, 15) is 4.79 Å². The number of fused-ring (bicyclic) bond motifs is 3. The van der Waals surface area contributed by atoms with Gasteiger partial charge in [-0.3, -0.25) is 10.1 Å². The van der Waals surface area contributed by atoms with Crippen LogP contribution in [0.3, 0.4) is 0 Å². The van der Waals surface area contributed by atoms with Crippen molar-refractivity contribution in [1.29, 1.82) is 0 Å². The summed E-state index contributed by atoms with van der Waals surface area (Å²) in [6.07, 6.45) is 1.93. The predicted molar refractivity (Wildman–Crippen MR) is 124 cm³/mol. The number of benzene rings is 2. The Morgan fingerprint density at radius 2 is 1.90 bits per heavy atom. The molecule has 1 aliphatic heterocycles. The van der Waals surface area contributed by atoms with Crippen molar-refractivity contribution in [3.8, 4) is 5.75 Å². The van der Waals surface area contributed by atoms with Crippen LogP contribution in [0, 0.1) is 0 Å². The van der Waals surface area contributed by atoms with Crippen LogP contribution >= 0.6 is 0 Å². The lowest BCUT2D eigenvalue weighted by atomic mass is 10.1. The number of hydrogen-bond acceptors (Lipinski definition) is 5. The topological polar surface area (TPSA) is 62.6 Å². The largest absolute Gasteiger partial charge is 0.488 e. The molecule has 3 aromatic rings. The number of rotatable bonds is 8. The van der Waals surface area contributed by atoms with Crippen LogP contribution in [-0.4, -0.2) is 72.6 Å². The van der Waals surface area contributed by atoms with Gasteiger partial charge in [0.15, 0.2) is 0 Å². The molecule has 0 saturated heterocycles. The van der Waals surface area contributed by atoms with Crippen LogP contribution < -0.4 is 10.1 Å². The first-order valence-corrected chi connectivity index (χ1v) is 10.8. The molecule has 2 heterocycles. The summed E-state index contributed by atoms with van der Waals surface area (Å²) >= 11 is 0. The lowest BCUT2D eigenvalue weighted by molar-refractivity contribution is 0.102. The molecule has 1 N–H and O–H groups in total. The number of imidazole rings is 1. The molecule has 4 rings (SSSR count). The van der Waals surface area contributed by atoms with Gasteiger partial charge in [-0.25, -0.2) is 4.98 Å². The van der Waals surface area contributed by atoms with Gasteiger partial charge in [-0.05, 0) is 65.4 Å². The zero-order valence-corrected chi connectivity index (χ0v) is 18.8. The van der Waals surface area contributed by atoms with E-state index in [-0.39, 0.29) is 12.0 Å². The Morgan fingerprint density at radius 1 is 1.13 bits per heavy atom. The van der Waals surface area contributed by atoms with Gasteiger partial charge in [0.25, 0.3) is 5.91 Å². The summed E-state index contributed by atoms with van der Waals surface area (Å²) < 4.78 is 8.36. The third-order valence-corrected chi connectivity index (χ3v) is 5.51. The summed E-state index contributed by atoms with van der Waals surface area (Å²) in [5.74, 6) is 1.37. The van der Waals surface area contributed by atoms with E-state index in [1.165, 1.54) is 5.56 Å². The van der Waals surface area contributed by atoms with Gasteiger partial charge in [-0.1, -0.05) is 18.2 Å². The van der Waals surface area contributed by atoms with Crippen LogP contribution in [0.1, 0.15) is 22.3 Å². The Bertz CT molecular complexity index is 1060. The Balaban J connectivity index is 1.69. The first kappa shape index (κ1) is 21.3. The van der Waals surface area contributed by atoms with Gasteiger partial charge in [0.2, 0.25) is 5.95 Å². The Hall–Kier alpha value is -2.90. The molecule has 1 atom stereocenters. The van der Waals surface area contributed by atoms with E-state index in [2.05, 4.69) is 47.9 Å². The van der Waals surface area contributed by atoms with E-state index >= 15 is 0 Å². The fourth-order valence-electron chi connectivity index (χ4n) is 4.16. The molecule has 1 amide bonds. The Kier molecular flexibility index (Phi) is 6.25. The lowest BCUT2D eigenvalue weighted by Crippen LogP contribution is -2.29. The van der Waals surface area contributed by atoms with E-state index in [1.807, 2.05) is 42.5 Å². The normalized spacial score (nSPS) is 15.5. The number of anilines is 1. The number of ether oxygens (including phenoxy) is 1. The van der Waals surface area contributed by atoms with Gasteiger partial charge in [0, 0.05) is 30.6 Å². The standard InChI is InChI=1S/C24H31N5O2/c1-27(2)13-8-14-29-22-19-15-18(16-28(3)4)31-21(19)12-11-20(22)25-24(29)26-23(30)17-9-6-5-7-10-17/h5-7,9-12,18H,8,13-16H2,1-4H3,(H,25,26,30). The number of nitrogens with one attached hydrogen (secondary N) is 1. The molecule has 0 spiro atoms. The zero-order valence-electron chi connectivity index (χ0n) is 18.8. The van der Waals surface area contributed by atoms with Crippen LogP contribution in [0.5, 0.6) is 5.75 Å². The molecule has 1 aromatic heterocycles. The minimum absolute atomic E-state index is 0.128. The molecule has 0 aliphatic carbocycles. The van der Waals surface area contributed by atoms with Gasteiger partial charge < -0.3 is 19.1 Å². The summed E-state index contributed by atoms with van der Waals surface area (Å²) in [4.78, 5) is 21.9. The molecule has 7 nitrogen and oxygen atoms in total. The Morgan fingerprint density at radius 3 is 2.61 bits per heavy atom. The van der Waals surface area contributed by atoms with Crippen LogP contribution in [0.25, 0.3) is 11.0 Å². The van der Waals surface area contributed by atoms with Gasteiger partial charge in [-0.15, -0.1) is 0 Å². The van der Waals surface area contributed by atoms with Crippen molar-refractivity contribution in [2.45, 2.75) is 25.5 Å². The third kappa shape index (κ3) is 4.73. The monoisotopic (exact) mass is 421 g/mol. The maximum atomic E-state index is 12.8. The van der Waals surface area contributed by atoms with Crippen LogP contribution in [-0.2, 0) is 13.0 Å². The van der Waals surface area contributed by atoms with Crippen molar-refractivity contribution in [2.75, 3.05) is 46.6 Å². The fourth-order valence-corrected chi connectivity index (χ4v) is 4.16. The summed E-state index contributed by atoms with van der Waals surface area (Å²) in [5, 5.41) is 3.04. The SMILES string of the molecule is CN(C)CCCn1c(NC(=O)c2ccccc2)nc2ccc3c(c21)CC(CN(C)C)O3. The van der Waals surface area contributed by atoms with E-state index in [0.29, 0.717) is 11.5 Å². The predicted octanol–water partition coefficient (Wildman–Crippen LogP) is 3.11. The van der Waals surface area contributed by atoms with Crippen LogP contribution in [0.2, 0.25) is 0 Å². The highest BCUT2D eigenvalue weighted by Gasteiger charge is 2.28. The number of carbonyl (C=O) groups excluding carboxylic acids is 1. The highest BCUT2D eigenvalue weighted by molar-refractivity contribution is 6.04. The summed E-state index contributed by atoms with van der Waals surface area (Å²) in [5.41, 5.74) is 3.76. The highest BCUT2D eigenvalue weighted by atomic mass is 16.5. The van der Waals surface area contributed by atoms with Crippen LogP contribution in [0.15, 0.2) is 42.5 Å². The average molecular weight is 422 g/mol. The number of nitrogens with zero attached hydrogens (tertiary/aromatic N) is 4. The van der Waals surface area contributed by atoms with Crippen molar-refractivity contribution < 1.29 is 9.53 Å². The van der Waals surface area contributed by atoms with Gasteiger partial charge in [0.05, 0.1) is 11.0 Å². The molecule has 31 heavy (non-hydrogen) atoms. The summed E-state index contributed by atoms with van der Waals surface area (Å²) in [6.45, 7) is 2.59. The first-order chi connectivity index (χ1) is 14.9. The molecule has 1 unspecified atom stereocenters. The van der Waals surface area contributed by atoms with Crippen molar-refractivity contribution in [3.63, 3.8) is 0 Å². The van der Waals surface area contributed by atoms with Gasteiger partial charge in [0.1, 0.15) is 11.9 Å². The molecule has 0 bridgehead atoms. The van der Waals surface area contributed by atoms with Crippen molar-refractivity contribution >= 4 is 22.9 Å². The van der Waals surface area contributed by atoms with Crippen molar-refractivity contribution in [1.82, 2.24) is 19.4 Å². The molecule has 2 aromatic carbocycles. The number of carbonyl (C=O) groups is 1. The molecule has 7 heteroatoms. The van der Waals surface area contributed by atoms with Gasteiger partial charge >= 0.3 is 0 Å². The summed E-state index contributed by atoms with van der Waals surface area (Å²) in [6, 6.07) is 13.3. The van der Waals surface area contributed by atoms with E-state index in [0.717, 1.165) is 49.3 Å². The first-order valence-electron chi connectivity index (χ1n) is 10.8. The minimum atomic E-state index is -0.150. The van der Waals surface area contributed by atoms with Gasteiger partial charge in [-0.2, -0.15) is 0 Å². The van der Waals surface area contributed by atoms with E-state index in [1.54, 1.807) is 0 Å². The molecule has 0 saturated carbocycles. The second-order valence-electron chi connectivity index (χ2n) is 8.68. The van der Waals surface area contributed by atoms with Crippen LogP contribution in [0.4, 0.5) is 5.95 Å². The Labute approximate surface area is 183 Å². The van der Waals surface area contributed by atoms with Crippen molar-refractivity contribution in [2.24, 2.45) is 0 Å². The third-order valence-electron chi connectivity index (χ3n) is 5.51. The van der Waals surface area contributed by atoms with Crippen molar-refractivity contribution in [3.05, 3.63) is 53.6 Å². The second-order valence-corrected chi connectivity index (χ2v) is 8.68. The lowest BCUT2D eigenvalue weighted by Gasteiger charge is -2.15. The van der Waals surface area contributed by atoms with E-state index in [4.69, 9.17) is 9.72 Å². The number of aryl methyl sites for hydroxylation is 1. The van der Waals surface area contributed by atoms with E-state index < -0.39 is 0 Å².